The molecule has 110 valence electrons. The summed E-state index contributed by atoms with van der Waals surface area (Å²) in [4.78, 5) is 4.48. The Morgan fingerprint density at radius 3 is 2.95 bits per heavy atom. The van der Waals surface area contributed by atoms with Crippen LogP contribution in [0.5, 0.6) is 0 Å². The molecule has 5 nitrogen and oxygen atoms in total. The number of aryl methyl sites for hydroxylation is 2. The van der Waals surface area contributed by atoms with Crippen molar-refractivity contribution in [3.63, 3.8) is 0 Å². The topological polar surface area (TPSA) is 51.5 Å². The molecule has 0 fully saturated rings. The third-order valence-corrected chi connectivity index (χ3v) is 3.47. The second-order valence-electron chi connectivity index (χ2n) is 5.08. The first-order chi connectivity index (χ1) is 9.63. The fraction of sp³-hybridized carbons (Fsp3) is 0.600. The molecular weight excluding hydrogens is 252 g/mol. The highest BCUT2D eigenvalue weighted by Crippen LogP contribution is 2.17. The van der Waals surface area contributed by atoms with Gasteiger partial charge in [-0.15, -0.1) is 0 Å². The van der Waals surface area contributed by atoms with Gasteiger partial charge in [0.1, 0.15) is 0 Å². The van der Waals surface area contributed by atoms with Gasteiger partial charge in [0.25, 0.3) is 0 Å². The molecule has 1 atom stereocenters. The first-order valence-corrected chi connectivity index (χ1v) is 7.26. The molecule has 2 aromatic heterocycles. The van der Waals surface area contributed by atoms with Crippen LogP contribution in [0, 0.1) is 13.8 Å². The minimum Gasteiger partial charge on any atom is -0.382 e. The summed E-state index contributed by atoms with van der Waals surface area (Å²) in [6, 6.07) is 2.26. The van der Waals surface area contributed by atoms with Crippen LogP contribution < -0.4 is 5.32 Å². The summed E-state index contributed by atoms with van der Waals surface area (Å²) in [5.74, 6) is 0. The summed E-state index contributed by atoms with van der Waals surface area (Å²) in [6.45, 7) is 10.8. The predicted octanol–water partition coefficient (Wildman–Crippen LogP) is 2.42. The number of ether oxygens (including phenoxy) is 1. The minimum atomic E-state index is 0.262. The summed E-state index contributed by atoms with van der Waals surface area (Å²) < 4.78 is 7.26. The largest absolute Gasteiger partial charge is 0.382 e. The molecule has 0 spiro atoms. The number of nitrogens with one attached hydrogen (secondary N) is 1. The second-order valence-corrected chi connectivity index (χ2v) is 5.08. The zero-order valence-electron chi connectivity index (χ0n) is 12.8. The van der Waals surface area contributed by atoms with Gasteiger partial charge >= 0.3 is 0 Å². The lowest BCUT2D eigenvalue weighted by Crippen LogP contribution is -2.22. The highest BCUT2D eigenvalue weighted by Gasteiger charge is 2.12. The van der Waals surface area contributed by atoms with Crippen molar-refractivity contribution in [1.29, 1.82) is 0 Å². The molecular formula is C15H24N4O. The van der Waals surface area contributed by atoms with Crippen molar-refractivity contribution in [2.45, 2.75) is 40.2 Å². The first kappa shape index (κ1) is 14.9. The number of hydrogen-bond donors (Lipinski definition) is 1. The fourth-order valence-electron chi connectivity index (χ4n) is 2.35. The monoisotopic (exact) mass is 276 g/mol. The van der Waals surface area contributed by atoms with Crippen molar-refractivity contribution < 1.29 is 4.74 Å². The molecule has 1 unspecified atom stereocenters. The summed E-state index contributed by atoms with van der Waals surface area (Å²) >= 11 is 0. The van der Waals surface area contributed by atoms with Crippen molar-refractivity contribution in [3.05, 3.63) is 29.2 Å². The molecule has 1 N–H and O–H groups in total. The van der Waals surface area contributed by atoms with Gasteiger partial charge in [-0.1, -0.05) is 0 Å². The van der Waals surface area contributed by atoms with Gasteiger partial charge in [-0.25, -0.2) is 9.50 Å². The smallest absolute Gasteiger partial charge is 0.155 e. The third-order valence-electron chi connectivity index (χ3n) is 3.47. The zero-order valence-corrected chi connectivity index (χ0v) is 12.8. The van der Waals surface area contributed by atoms with Crippen LogP contribution in [0.1, 0.15) is 43.3 Å². The Kier molecular flexibility index (Phi) is 5.09. The Morgan fingerprint density at radius 2 is 2.20 bits per heavy atom. The lowest BCUT2D eigenvalue weighted by molar-refractivity contribution is 0.144. The summed E-state index contributed by atoms with van der Waals surface area (Å²) in [7, 11) is 0. The molecule has 2 rings (SSSR count). The van der Waals surface area contributed by atoms with Crippen molar-refractivity contribution in [3.8, 4) is 0 Å². The lowest BCUT2D eigenvalue weighted by atomic mass is 10.1. The van der Waals surface area contributed by atoms with E-state index in [0.29, 0.717) is 0 Å². The van der Waals surface area contributed by atoms with Crippen LogP contribution in [0.15, 0.2) is 12.3 Å². The Labute approximate surface area is 120 Å². The van der Waals surface area contributed by atoms with Crippen LogP contribution >= 0.6 is 0 Å². The molecule has 0 amide bonds. The predicted molar refractivity (Wildman–Crippen MR) is 80.0 cm³/mol. The molecule has 0 aromatic carbocycles. The zero-order chi connectivity index (χ0) is 14.5. The van der Waals surface area contributed by atoms with E-state index in [1.54, 1.807) is 0 Å². The maximum atomic E-state index is 5.34. The number of fused-ring (bicyclic) bond motifs is 1. The molecule has 5 heteroatoms. The number of aromatic nitrogens is 3. The average Bonchev–Trinajstić information content (AvgIpc) is 2.80. The van der Waals surface area contributed by atoms with Crippen LogP contribution in [0.25, 0.3) is 5.65 Å². The first-order valence-electron chi connectivity index (χ1n) is 7.26. The molecule has 2 aromatic rings. The molecule has 2 heterocycles. The van der Waals surface area contributed by atoms with Crippen LogP contribution in [-0.2, 0) is 4.74 Å². The molecule has 0 aliphatic carbocycles. The van der Waals surface area contributed by atoms with Gasteiger partial charge in [-0.05, 0) is 40.7 Å². The molecule has 0 saturated carbocycles. The van der Waals surface area contributed by atoms with E-state index < -0.39 is 0 Å². The second kappa shape index (κ2) is 6.81. The van der Waals surface area contributed by atoms with Crippen LogP contribution in [0.3, 0.4) is 0 Å². The van der Waals surface area contributed by atoms with E-state index in [1.807, 2.05) is 30.6 Å². The van der Waals surface area contributed by atoms with E-state index >= 15 is 0 Å². The van der Waals surface area contributed by atoms with Crippen LogP contribution in [-0.4, -0.2) is 34.4 Å². The minimum absolute atomic E-state index is 0.262. The summed E-state index contributed by atoms with van der Waals surface area (Å²) in [6.07, 6.45) is 2.97. The van der Waals surface area contributed by atoms with Crippen molar-refractivity contribution in [2.24, 2.45) is 0 Å². The Balaban J connectivity index is 2.02. The molecule has 0 saturated heterocycles. The summed E-state index contributed by atoms with van der Waals surface area (Å²) in [5, 5.41) is 7.99. The van der Waals surface area contributed by atoms with Gasteiger partial charge in [-0.2, -0.15) is 5.10 Å². The van der Waals surface area contributed by atoms with Crippen LogP contribution in [0.2, 0.25) is 0 Å². The number of hydrogen-bond acceptors (Lipinski definition) is 4. The Hall–Kier alpha value is -1.46. The number of rotatable bonds is 7. The van der Waals surface area contributed by atoms with E-state index in [9.17, 15) is 0 Å². The molecule has 0 aliphatic heterocycles. The van der Waals surface area contributed by atoms with E-state index in [-0.39, 0.29) is 6.04 Å². The van der Waals surface area contributed by atoms with Gasteiger partial charge in [0.05, 0.1) is 5.69 Å². The highest BCUT2D eigenvalue weighted by atomic mass is 16.5. The van der Waals surface area contributed by atoms with Gasteiger partial charge < -0.3 is 10.1 Å². The number of nitrogens with zero attached hydrogens (tertiary/aromatic N) is 3. The van der Waals surface area contributed by atoms with E-state index in [2.05, 4.69) is 29.2 Å². The summed E-state index contributed by atoms with van der Waals surface area (Å²) in [5.41, 5.74) is 4.24. The van der Waals surface area contributed by atoms with Gasteiger partial charge in [0.2, 0.25) is 0 Å². The van der Waals surface area contributed by atoms with Gasteiger partial charge in [-0.3, -0.25) is 0 Å². The van der Waals surface area contributed by atoms with Gasteiger partial charge in [0, 0.05) is 42.8 Å². The van der Waals surface area contributed by atoms with Crippen molar-refractivity contribution in [2.75, 3.05) is 19.8 Å². The van der Waals surface area contributed by atoms with Crippen molar-refractivity contribution >= 4 is 5.65 Å². The third kappa shape index (κ3) is 3.35. The normalized spacial score (nSPS) is 13.0. The van der Waals surface area contributed by atoms with Crippen molar-refractivity contribution in [1.82, 2.24) is 19.9 Å². The molecule has 0 radical (unpaired) electrons. The Bertz CT molecular complexity index is 564. The molecule has 0 aliphatic rings. The SMILES string of the molecule is CCOCCCNC(C)c1cnc2cc(C)nn2c1C. The highest BCUT2D eigenvalue weighted by molar-refractivity contribution is 5.42. The maximum Gasteiger partial charge on any atom is 0.155 e. The van der Waals surface area contributed by atoms with Crippen LogP contribution in [0.4, 0.5) is 0 Å². The Morgan fingerprint density at radius 1 is 1.40 bits per heavy atom. The average molecular weight is 276 g/mol. The van der Waals surface area contributed by atoms with E-state index in [4.69, 9.17) is 4.74 Å². The molecule has 20 heavy (non-hydrogen) atoms. The van der Waals surface area contributed by atoms with E-state index in [1.165, 1.54) is 5.56 Å². The standard InChI is InChI=1S/C15H24N4O/c1-5-20-8-6-7-16-12(3)14-10-17-15-9-11(2)18-19(15)13(14)4/h9-10,12,16H,5-8H2,1-4H3. The quantitative estimate of drug-likeness (QED) is 0.789. The van der Waals surface area contributed by atoms with E-state index in [0.717, 1.165) is 43.2 Å². The van der Waals surface area contributed by atoms with Gasteiger partial charge in [0.15, 0.2) is 5.65 Å². The lowest BCUT2D eigenvalue weighted by Gasteiger charge is -2.16. The maximum absolute atomic E-state index is 5.34. The molecule has 0 bridgehead atoms. The fourth-order valence-corrected chi connectivity index (χ4v) is 2.35.